The van der Waals surface area contributed by atoms with E-state index in [0.29, 0.717) is 9.34 Å². The number of thiazole rings is 1. The third-order valence-electron chi connectivity index (χ3n) is 2.50. The molecule has 3 aromatic rings. The molecule has 0 bridgehead atoms. The molecule has 0 aliphatic carbocycles. The van der Waals surface area contributed by atoms with E-state index >= 15 is 0 Å². The van der Waals surface area contributed by atoms with E-state index in [9.17, 15) is 8.42 Å². The van der Waals surface area contributed by atoms with Gasteiger partial charge in [-0.3, -0.25) is 4.72 Å². The maximum absolute atomic E-state index is 12.2. The van der Waals surface area contributed by atoms with Gasteiger partial charge in [0.25, 0.3) is 10.0 Å². The number of sulfonamides is 1. The molecule has 0 unspecified atom stereocenters. The summed E-state index contributed by atoms with van der Waals surface area (Å²) in [4.78, 5) is 5.23. The normalized spacial score (nSPS) is 11.8. The predicted molar refractivity (Wildman–Crippen MR) is 79.5 cm³/mol. The molecule has 0 fully saturated rings. The van der Waals surface area contributed by atoms with Crippen LogP contribution < -0.4 is 4.72 Å². The number of nitrogens with one attached hydrogen (secondary N) is 1. The Morgan fingerprint density at radius 3 is 2.58 bits per heavy atom. The highest BCUT2D eigenvalue weighted by Crippen LogP contribution is 2.29. The summed E-state index contributed by atoms with van der Waals surface area (Å²) in [5, 5.41) is 0.396. The highest BCUT2D eigenvalue weighted by atomic mass is 32.2. The van der Waals surface area contributed by atoms with Crippen molar-refractivity contribution in [2.75, 3.05) is 4.72 Å². The summed E-state index contributed by atoms with van der Waals surface area (Å²) in [7, 11) is -3.52. The van der Waals surface area contributed by atoms with Crippen LogP contribution in [0, 0.1) is 6.92 Å². The summed E-state index contributed by atoms with van der Waals surface area (Å²) in [6, 6.07) is 11.0. The number of anilines is 1. The molecule has 0 saturated heterocycles. The molecule has 2 heterocycles. The van der Waals surface area contributed by atoms with Crippen molar-refractivity contribution in [3.05, 3.63) is 41.3 Å². The largest absolute Gasteiger partial charge is 0.273 e. The number of nitrogens with zero attached hydrogens (tertiary/aromatic N) is 1. The maximum atomic E-state index is 12.2. The molecule has 0 aliphatic rings. The van der Waals surface area contributed by atoms with Crippen LogP contribution in [-0.2, 0) is 10.0 Å². The molecule has 19 heavy (non-hydrogen) atoms. The van der Waals surface area contributed by atoms with E-state index in [2.05, 4.69) is 9.71 Å². The summed E-state index contributed by atoms with van der Waals surface area (Å²) < 4.78 is 28.1. The summed E-state index contributed by atoms with van der Waals surface area (Å²) in [6.07, 6.45) is 0. The summed E-state index contributed by atoms with van der Waals surface area (Å²) in [5.41, 5.74) is 0.799. The zero-order chi connectivity index (χ0) is 13.5. The molecule has 98 valence electrons. The van der Waals surface area contributed by atoms with Crippen molar-refractivity contribution in [3.63, 3.8) is 0 Å². The zero-order valence-corrected chi connectivity index (χ0v) is 12.4. The molecule has 1 aromatic carbocycles. The number of thiophene rings is 1. The first-order chi connectivity index (χ1) is 9.04. The van der Waals surface area contributed by atoms with Crippen LogP contribution in [0.15, 0.2) is 40.6 Å². The van der Waals surface area contributed by atoms with E-state index < -0.39 is 10.0 Å². The number of para-hydroxylation sites is 1. The Balaban J connectivity index is 1.96. The Bertz CT molecular complexity index is 800. The maximum Gasteiger partial charge on any atom is 0.273 e. The van der Waals surface area contributed by atoms with Crippen LogP contribution >= 0.6 is 22.7 Å². The van der Waals surface area contributed by atoms with Crippen molar-refractivity contribution < 1.29 is 8.42 Å². The molecule has 4 nitrogen and oxygen atoms in total. The second-order valence-corrected chi connectivity index (χ2v) is 8.19. The van der Waals surface area contributed by atoms with Crippen LogP contribution in [0.2, 0.25) is 0 Å². The van der Waals surface area contributed by atoms with Gasteiger partial charge in [0.2, 0.25) is 0 Å². The average molecular weight is 310 g/mol. The summed E-state index contributed by atoms with van der Waals surface area (Å²) in [5.74, 6) is 0. The summed E-state index contributed by atoms with van der Waals surface area (Å²) in [6.45, 7) is 1.88. The number of hydrogen-bond donors (Lipinski definition) is 1. The van der Waals surface area contributed by atoms with E-state index in [-0.39, 0.29) is 0 Å². The highest BCUT2D eigenvalue weighted by molar-refractivity contribution is 7.94. The average Bonchev–Trinajstić information content (AvgIpc) is 2.94. The zero-order valence-electron chi connectivity index (χ0n) is 9.95. The lowest BCUT2D eigenvalue weighted by Crippen LogP contribution is -2.10. The number of aryl methyl sites for hydroxylation is 1. The molecule has 3 rings (SSSR count). The van der Waals surface area contributed by atoms with Gasteiger partial charge in [0.15, 0.2) is 5.13 Å². The molecule has 0 radical (unpaired) electrons. The SMILES string of the molecule is Cc1ccc(S(=O)(=O)Nc2nc3ccccc3s2)s1. The van der Waals surface area contributed by atoms with Crippen molar-refractivity contribution in [2.45, 2.75) is 11.1 Å². The second kappa shape index (κ2) is 4.59. The fraction of sp³-hybridized carbons (Fsp3) is 0.0833. The molecule has 0 amide bonds. The fourth-order valence-corrected chi connectivity index (χ4v) is 5.02. The number of rotatable bonds is 3. The van der Waals surface area contributed by atoms with Crippen molar-refractivity contribution in [1.82, 2.24) is 4.98 Å². The molecular formula is C12H10N2O2S3. The van der Waals surface area contributed by atoms with Crippen LogP contribution in [0.3, 0.4) is 0 Å². The van der Waals surface area contributed by atoms with E-state index in [1.165, 1.54) is 22.7 Å². The number of benzene rings is 1. The molecule has 7 heteroatoms. The van der Waals surface area contributed by atoms with Gasteiger partial charge in [0.05, 0.1) is 10.2 Å². The molecule has 2 aromatic heterocycles. The predicted octanol–water partition coefficient (Wildman–Crippen LogP) is 3.47. The van der Waals surface area contributed by atoms with Crippen molar-refractivity contribution >= 4 is 48.0 Å². The Morgan fingerprint density at radius 2 is 1.89 bits per heavy atom. The number of aromatic nitrogens is 1. The Morgan fingerprint density at radius 1 is 1.11 bits per heavy atom. The quantitative estimate of drug-likeness (QED) is 0.806. The Kier molecular flexibility index (Phi) is 3.04. The van der Waals surface area contributed by atoms with Gasteiger partial charge in [-0.1, -0.05) is 23.5 Å². The van der Waals surface area contributed by atoms with Crippen molar-refractivity contribution in [1.29, 1.82) is 0 Å². The lowest BCUT2D eigenvalue weighted by molar-refractivity contribution is 0.603. The van der Waals surface area contributed by atoms with Gasteiger partial charge in [-0.2, -0.15) is 0 Å². The summed E-state index contributed by atoms with van der Waals surface area (Å²) >= 11 is 2.58. The van der Waals surface area contributed by atoms with Crippen LogP contribution in [0.5, 0.6) is 0 Å². The first-order valence-electron chi connectivity index (χ1n) is 5.49. The minimum Gasteiger partial charge on any atom is -0.254 e. The second-order valence-electron chi connectivity index (χ2n) is 3.96. The third-order valence-corrected chi connectivity index (χ3v) is 6.41. The van der Waals surface area contributed by atoms with Gasteiger partial charge in [-0.25, -0.2) is 13.4 Å². The van der Waals surface area contributed by atoms with E-state index in [0.717, 1.165) is 15.1 Å². The van der Waals surface area contributed by atoms with Crippen molar-refractivity contribution in [2.24, 2.45) is 0 Å². The van der Waals surface area contributed by atoms with E-state index in [1.807, 2.05) is 31.2 Å². The topological polar surface area (TPSA) is 59.1 Å². The van der Waals surface area contributed by atoms with Gasteiger partial charge in [0.1, 0.15) is 4.21 Å². The molecular weight excluding hydrogens is 300 g/mol. The third kappa shape index (κ3) is 2.49. The molecule has 0 spiro atoms. The lowest BCUT2D eigenvalue weighted by atomic mass is 10.3. The van der Waals surface area contributed by atoms with Crippen LogP contribution in [0.1, 0.15) is 4.88 Å². The Hall–Kier alpha value is -1.44. The Labute approximate surface area is 118 Å². The van der Waals surface area contributed by atoms with E-state index in [4.69, 9.17) is 0 Å². The lowest BCUT2D eigenvalue weighted by Gasteiger charge is -2.01. The molecule has 0 atom stereocenters. The van der Waals surface area contributed by atoms with Gasteiger partial charge in [-0.05, 0) is 31.2 Å². The highest BCUT2D eigenvalue weighted by Gasteiger charge is 2.18. The minimum absolute atomic E-state index is 0.309. The van der Waals surface area contributed by atoms with Crippen LogP contribution in [0.25, 0.3) is 10.2 Å². The van der Waals surface area contributed by atoms with Crippen LogP contribution in [0.4, 0.5) is 5.13 Å². The molecule has 1 N–H and O–H groups in total. The van der Waals surface area contributed by atoms with Gasteiger partial charge < -0.3 is 0 Å². The van der Waals surface area contributed by atoms with Gasteiger partial charge >= 0.3 is 0 Å². The van der Waals surface area contributed by atoms with Gasteiger partial charge in [0, 0.05) is 4.88 Å². The number of hydrogen-bond acceptors (Lipinski definition) is 5. The monoisotopic (exact) mass is 310 g/mol. The fourth-order valence-electron chi connectivity index (χ4n) is 1.64. The van der Waals surface area contributed by atoms with Crippen LogP contribution in [-0.4, -0.2) is 13.4 Å². The number of fused-ring (bicyclic) bond motifs is 1. The minimum atomic E-state index is -3.52. The van der Waals surface area contributed by atoms with Gasteiger partial charge in [-0.15, -0.1) is 11.3 Å². The standard InChI is InChI=1S/C12H10N2O2S3/c1-8-6-7-11(17-8)19(15,16)14-12-13-9-4-2-3-5-10(9)18-12/h2-7H,1H3,(H,13,14). The van der Waals surface area contributed by atoms with Crippen molar-refractivity contribution in [3.8, 4) is 0 Å². The molecule has 0 aliphatic heterocycles. The smallest absolute Gasteiger partial charge is 0.254 e. The first kappa shape index (κ1) is 12.6. The first-order valence-corrected chi connectivity index (χ1v) is 8.61. The molecule has 0 saturated carbocycles. The van der Waals surface area contributed by atoms with E-state index in [1.54, 1.807) is 12.1 Å².